The molecule has 0 amide bonds. The predicted octanol–water partition coefficient (Wildman–Crippen LogP) is 2.50. The molecule has 1 aromatic carbocycles. The van der Waals surface area contributed by atoms with Gasteiger partial charge in [-0.2, -0.15) is 17.4 Å². The number of thiazole rings is 1. The zero-order valence-electron chi connectivity index (χ0n) is 14.2. The van der Waals surface area contributed by atoms with Crippen LogP contribution in [-0.4, -0.2) is 44.5 Å². The molecule has 1 fully saturated rings. The van der Waals surface area contributed by atoms with Gasteiger partial charge in [0.15, 0.2) is 0 Å². The lowest BCUT2D eigenvalue weighted by atomic mass is 10.0. The molecule has 0 spiro atoms. The number of aromatic nitrogens is 1. The lowest BCUT2D eigenvalue weighted by Crippen LogP contribution is -2.46. The van der Waals surface area contributed by atoms with E-state index >= 15 is 0 Å². The highest BCUT2D eigenvalue weighted by Crippen LogP contribution is 2.22. The molecule has 1 saturated heterocycles. The topological polar surface area (TPSA) is 71.5 Å². The minimum absolute atomic E-state index is 0.214. The summed E-state index contributed by atoms with van der Waals surface area (Å²) in [7, 11) is -1.84. The van der Waals surface area contributed by atoms with E-state index in [1.165, 1.54) is 15.6 Å². The third-order valence-electron chi connectivity index (χ3n) is 4.25. The summed E-state index contributed by atoms with van der Waals surface area (Å²) in [5, 5.41) is 2.71. The van der Waals surface area contributed by atoms with Crippen LogP contribution in [-0.2, 0) is 21.5 Å². The maximum atomic E-state index is 12.5. The molecular formula is C17H23N3O3S2. The first-order valence-corrected chi connectivity index (χ1v) is 10.6. The molecule has 2 aromatic rings. The summed E-state index contributed by atoms with van der Waals surface area (Å²) in [5.74, 6) is 0.264. The fraction of sp³-hybridized carbons (Fsp3) is 0.471. The number of benzene rings is 1. The number of nitrogens with zero attached hydrogens (tertiary/aromatic N) is 2. The number of hydrogen-bond donors (Lipinski definition) is 1. The lowest BCUT2D eigenvalue weighted by Gasteiger charge is -2.31. The van der Waals surface area contributed by atoms with E-state index in [9.17, 15) is 8.42 Å². The van der Waals surface area contributed by atoms with Crippen molar-refractivity contribution in [1.82, 2.24) is 14.0 Å². The van der Waals surface area contributed by atoms with Crippen molar-refractivity contribution in [1.29, 1.82) is 0 Å². The van der Waals surface area contributed by atoms with E-state index < -0.39 is 10.2 Å². The van der Waals surface area contributed by atoms with Crippen molar-refractivity contribution < 1.29 is 13.2 Å². The monoisotopic (exact) mass is 381 g/mol. The quantitative estimate of drug-likeness (QED) is 0.800. The highest BCUT2D eigenvalue weighted by atomic mass is 32.2. The maximum Gasteiger partial charge on any atom is 0.279 e. The van der Waals surface area contributed by atoms with Crippen LogP contribution in [0.15, 0.2) is 35.7 Å². The van der Waals surface area contributed by atoms with Crippen LogP contribution in [0.1, 0.15) is 17.8 Å². The lowest BCUT2D eigenvalue weighted by molar-refractivity contribution is 0.118. The molecular weight excluding hydrogens is 358 g/mol. The SMILES string of the molecule is COCC1CCCN(S(=O)(=O)NCc2nc(-c3ccccc3)cs2)C1. The standard InChI is InChI=1S/C17H23N3O3S2/c1-23-12-14-6-5-9-20(11-14)25(21,22)18-10-17-19-16(13-24-17)15-7-3-2-4-8-15/h2-4,7-8,13-14,18H,5-6,9-12H2,1H3. The number of nitrogens with one attached hydrogen (secondary N) is 1. The van der Waals surface area contributed by atoms with Gasteiger partial charge < -0.3 is 4.74 Å². The fourth-order valence-corrected chi connectivity index (χ4v) is 5.11. The zero-order valence-corrected chi connectivity index (χ0v) is 15.9. The largest absolute Gasteiger partial charge is 0.384 e. The van der Waals surface area contributed by atoms with Crippen molar-refractivity contribution in [2.45, 2.75) is 19.4 Å². The number of piperidine rings is 1. The Morgan fingerprint density at radius 3 is 2.92 bits per heavy atom. The summed E-state index contributed by atoms with van der Waals surface area (Å²) in [6.07, 6.45) is 1.87. The number of ether oxygens (including phenoxy) is 1. The molecule has 1 unspecified atom stereocenters. The zero-order chi connectivity index (χ0) is 17.7. The van der Waals surface area contributed by atoms with Gasteiger partial charge in [-0.25, -0.2) is 4.98 Å². The fourth-order valence-electron chi connectivity index (χ4n) is 2.99. The van der Waals surface area contributed by atoms with Crippen molar-refractivity contribution in [2.75, 3.05) is 26.8 Å². The molecule has 0 radical (unpaired) electrons. The molecule has 3 rings (SSSR count). The van der Waals surface area contributed by atoms with Crippen LogP contribution < -0.4 is 4.72 Å². The smallest absolute Gasteiger partial charge is 0.279 e. The predicted molar refractivity (Wildman–Crippen MR) is 99.5 cm³/mol. The Morgan fingerprint density at radius 2 is 2.16 bits per heavy atom. The van der Waals surface area contributed by atoms with E-state index in [0.717, 1.165) is 29.1 Å². The van der Waals surface area contributed by atoms with Gasteiger partial charge in [-0.3, -0.25) is 0 Å². The summed E-state index contributed by atoms with van der Waals surface area (Å²) in [5.41, 5.74) is 1.91. The summed E-state index contributed by atoms with van der Waals surface area (Å²) in [6.45, 7) is 1.88. The molecule has 1 aromatic heterocycles. The first-order valence-electron chi connectivity index (χ1n) is 8.32. The van der Waals surface area contributed by atoms with Crippen molar-refractivity contribution in [2.24, 2.45) is 5.92 Å². The van der Waals surface area contributed by atoms with Crippen molar-refractivity contribution >= 4 is 21.5 Å². The Morgan fingerprint density at radius 1 is 1.36 bits per heavy atom. The number of hydrogen-bond acceptors (Lipinski definition) is 5. The van der Waals surface area contributed by atoms with Gasteiger partial charge in [0.25, 0.3) is 10.2 Å². The Hall–Kier alpha value is -1.32. The second-order valence-electron chi connectivity index (χ2n) is 6.14. The number of methoxy groups -OCH3 is 1. The number of rotatable bonds is 7. The molecule has 25 heavy (non-hydrogen) atoms. The van der Waals surface area contributed by atoms with Crippen LogP contribution in [0.3, 0.4) is 0 Å². The van der Waals surface area contributed by atoms with Crippen LogP contribution in [0.2, 0.25) is 0 Å². The third-order valence-corrected chi connectivity index (χ3v) is 6.62. The van der Waals surface area contributed by atoms with Gasteiger partial charge in [0.1, 0.15) is 5.01 Å². The molecule has 6 nitrogen and oxygen atoms in total. The van der Waals surface area contributed by atoms with Gasteiger partial charge in [-0.05, 0) is 18.8 Å². The molecule has 0 bridgehead atoms. The van der Waals surface area contributed by atoms with Crippen LogP contribution in [0.4, 0.5) is 0 Å². The average Bonchev–Trinajstić information content (AvgIpc) is 3.11. The van der Waals surface area contributed by atoms with E-state index in [4.69, 9.17) is 4.74 Å². The van der Waals surface area contributed by atoms with Gasteiger partial charge >= 0.3 is 0 Å². The summed E-state index contributed by atoms with van der Waals surface area (Å²) in [4.78, 5) is 4.53. The minimum atomic E-state index is -3.49. The van der Waals surface area contributed by atoms with Crippen LogP contribution in [0, 0.1) is 5.92 Å². The molecule has 0 aliphatic carbocycles. The highest BCUT2D eigenvalue weighted by molar-refractivity contribution is 7.87. The van der Waals surface area contributed by atoms with Gasteiger partial charge in [0, 0.05) is 31.1 Å². The van der Waals surface area contributed by atoms with Gasteiger partial charge in [-0.15, -0.1) is 11.3 Å². The first kappa shape index (κ1) is 18.5. The Bertz CT molecular complexity index is 775. The average molecular weight is 382 g/mol. The molecule has 0 saturated carbocycles. The normalized spacial score (nSPS) is 19.2. The van der Waals surface area contributed by atoms with Crippen molar-refractivity contribution in [3.8, 4) is 11.3 Å². The molecule has 8 heteroatoms. The van der Waals surface area contributed by atoms with E-state index in [1.54, 1.807) is 7.11 Å². The molecule has 1 aliphatic heterocycles. The summed E-state index contributed by atoms with van der Waals surface area (Å²) in [6, 6.07) is 9.87. The van der Waals surface area contributed by atoms with Crippen LogP contribution in [0.25, 0.3) is 11.3 Å². The van der Waals surface area contributed by atoms with Crippen LogP contribution >= 0.6 is 11.3 Å². The van der Waals surface area contributed by atoms with Crippen LogP contribution in [0.5, 0.6) is 0 Å². The van der Waals surface area contributed by atoms with E-state index in [-0.39, 0.29) is 12.5 Å². The molecule has 1 aliphatic rings. The minimum Gasteiger partial charge on any atom is -0.384 e. The Kier molecular flexibility index (Phi) is 6.19. The maximum absolute atomic E-state index is 12.5. The Labute approximate surface area is 153 Å². The van der Waals surface area contributed by atoms with Gasteiger partial charge in [-0.1, -0.05) is 30.3 Å². The molecule has 1 atom stereocenters. The molecule has 1 N–H and O–H groups in total. The van der Waals surface area contributed by atoms with Gasteiger partial charge in [0.05, 0.1) is 18.8 Å². The molecule has 136 valence electrons. The molecule has 2 heterocycles. The summed E-state index contributed by atoms with van der Waals surface area (Å²) < 4.78 is 34.4. The Balaban J connectivity index is 1.60. The highest BCUT2D eigenvalue weighted by Gasteiger charge is 2.28. The first-order chi connectivity index (χ1) is 12.1. The van der Waals surface area contributed by atoms with E-state index in [0.29, 0.717) is 19.7 Å². The summed E-state index contributed by atoms with van der Waals surface area (Å²) >= 11 is 1.46. The van der Waals surface area contributed by atoms with E-state index in [2.05, 4.69) is 9.71 Å². The van der Waals surface area contributed by atoms with Gasteiger partial charge in [0.2, 0.25) is 0 Å². The van der Waals surface area contributed by atoms with Crippen molar-refractivity contribution in [3.05, 3.63) is 40.7 Å². The second kappa shape index (κ2) is 8.37. The second-order valence-corrected chi connectivity index (χ2v) is 8.84. The van der Waals surface area contributed by atoms with Crippen molar-refractivity contribution in [3.63, 3.8) is 0 Å². The third kappa shape index (κ3) is 4.86. The van der Waals surface area contributed by atoms with E-state index in [1.807, 2.05) is 35.7 Å².